The van der Waals surface area contributed by atoms with Crippen LogP contribution in [0.4, 0.5) is 4.79 Å². The van der Waals surface area contributed by atoms with Gasteiger partial charge in [-0.25, -0.2) is 9.59 Å². The first kappa shape index (κ1) is 19.9. The van der Waals surface area contributed by atoms with Gasteiger partial charge in [-0.15, -0.1) is 0 Å². The lowest BCUT2D eigenvalue weighted by molar-refractivity contribution is -0.150. The molecule has 1 aliphatic rings. The molecular formula is C23H27NO4. The number of hydrogen-bond acceptors (Lipinski definition) is 4. The first-order valence-electron chi connectivity index (χ1n) is 9.74. The Morgan fingerprint density at radius 3 is 2.11 bits per heavy atom. The quantitative estimate of drug-likeness (QED) is 0.560. The number of unbranched alkanes of at least 4 members (excludes halogenated alkanes) is 1. The summed E-state index contributed by atoms with van der Waals surface area (Å²) >= 11 is 0. The molecule has 0 aromatic heterocycles. The predicted octanol–water partition coefficient (Wildman–Crippen LogP) is 4.65. The molecule has 2 aromatic rings. The van der Waals surface area contributed by atoms with Gasteiger partial charge < -0.3 is 14.8 Å². The third kappa shape index (κ3) is 4.19. The van der Waals surface area contributed by atoms with Crippen LogP contribution in [0.5, 0.6) is 0 Å². The fourth-order valence-corrected chi connectivity index (χ4v) is 3.43. The summed E-state index contributed by atoms with van der Waals surface area (Å²) in [5.41, 5.74) is 3.50. The summed E-state index contributed by atoms with van der Waals surface area (Å²) in [4.78, 5) is 24.5. The van der Waals surface area contributed by atoms with E-state index in [1.54, 1.807) is 13.8 Å². The number of hydrogen-bond donors (Lipinski definition) is 1. The Morgan fingerprint density at radius 1 is 0.964 bits per heavy atom. The van der Waals surface area contributed by atoms with Gasteiger partial charge in [0.1, 0.15) is 12.1 Å². The maximum absolute atomic E-state index is 12.3. The predicted molar refractivity (Wildman–Crippen MR) is 108 cm³/mol. The first-order valence-corrected chi connectivity index (χ1v) is 9.74. The van der Waals surface area contributed by atoms with Gasteiger partial charge in [0.05, 0.1) is 6.61 Å². The van der Waals surface area contributed by atoms with Crippen molar-refractivity contribution in [1.82, 2.24) is 5.32 Å². The summed E-state index contributed by atoms with van der Waals surface area (Å²) in [7, 11) is 0. The molecule has 2 aromatic carbocycles. The van der Waals surface area contributed by atoms with Crippen molar-refractivity contribution in [2.75, 3.05) is 13.2 Å². The van der Waals surface area contributed by atoms with Gasteiger partial charge in [-0.2, -0.15) is 0 Å². The number of benzene rings is 2. The minimum Gasteiger partial charge on any atom is -0.464 e. The van der Waals surface area contributed by atoms with Gasteiger partial charge in [0, 0.05) is 5.92 Å². The molecule has 0 unspecified atom stereocenters. The topological polar surface area (TPSA) is 64.6 Å². The summed E-state index contributed by atoms with van der Waals surface area (Å²) < 4.78 is 10.7. The number of alkyl carbamates (subject to hydrolysis) is 1. The molecule has 0 saturated heterocycles. The zero-order valence-corrected chi connectivity index (χ0v) is 16.7. The Bertz CT molecular complexity index is 814. The van der Waals surface area contributed by atoms with Crippen LogP contribution in [0.2, 0.25) is 0 Å². The van der Waals surface area contributed by atoms with E-state index < -0.39 is 17.6 Å². The van der Waals surface area contributed by atoms with Gasteiger partial charge in [-0.1, -0.05) is 61.9 Å². The fourth-order valence-electron chi connectivity index (χ4n) is 3.43. The van der Waals surface area contributed by atoms with Crippen molar-refractivity contribution in [3.8, 4) is 11.1 Å². The zero-order chi connectivity index (χ0) is 20.1. The van der Waals surface area contributed by atoms with E-state index in [1.807, 2.05) is 31.2 Å². The number of carbonyl (C=O) groups is 2. The molecule has 0 radical (unpaired) electrons. The molecule has 3 rings (SSSR count). The molecular weight excluding hydrogens is 354 g/mol. The number of nitrogens with one attached hydrogen (secondary N) is 1. The van der Waals surface area contributed by atoms with E-state index in [0.29, 0.717) is 6.61 Å². The van der Waals surface area contributed by atoms with E-state index in [0.717, 1.165) is 24.0 Å². The van der Waals surface area contributed by atoms with Crippen molar-refractivity contribution < 1.29 is 19.1 Å². The van der Waals surface area contributed by atoms with E-state index in [4.69, 9.17) is 9.47 Å². The van der Waals surface area contributed by atoms with E-state index >= 15 is 0 Å². The van der Waals surface area contributed by atoms with Crippen molar-refractivity contribution in [2.45, 2.75) is 45.1 Å². The molecule has 0 aliphatic heterocycles. The number of ether oxygens (including phenoxy) is 2. The Labute approximate surface area is 166 Å². The minimum atomic E-state index is -1.14. The summed E-state index contributed by atoms with van der Waals surface area (Å²) in [5.74, 6) is -0.479. The first-order chi connectivity index (χ1) is 13.4. The van der Waals surface area contributed by atoms with Crippen molar-refractivity contribution in [3.05, 3.63) is 59.7 Å². The van der Waals surface area contributed by atoms with Crippen molar-refractivity contribution in [2.24, 2.45) is 0 Å². The molecule has 0 spiro atoms. The number of esters is 1. The molecule has 0 heterocycles. The molecule has 1 amide bonds. The highest BCUT2D eigenvalue weighted by Crippen LogP contribution is 2.44. The van der Waals surface area contributed by atoms with Gasteiger partial charge in [0.25, 0.3) is 0 Å². The lowest BCUT2D eigenvalue weighted by Gasteiger charge is -2.24. The van der Waals surface area contributed by atoms with Crippen LogP contribution in [-0.4, -0.2) is 30.8 Å². The number of fused-ring (bicyclic) bond motifs is 3. The number of rotatable bonds is 7. The van der Waals surface area contributed by atoms with Crippen LogP contribution in [0.15, 0.2) is 48.5 Å². The SMILES string of the molecule is CCCCOC(=O)C(C)(C)NC(=O)OCC1c2ccccc2-c2ccccc21. The number of amides is 1. The Morgan fingerprint density at radius 2 is 1.54 bits per heavy atom. The molecule has 0 bridgehead atoms. The van der Waals surface area contributed by atoms with E-state index in [9.17, 15) is 9.59 Å². The van der Waals surface area contributed by atoms with Gasteiger partial charge in [0.2, 0.25) is 0 Å². The molecule has 1 aliphatic carbocycles. The third-order valence-corrected chi connectivity index (χ3v) is 5.00. The second-order valence-corrected chi connectivity index (χ2v) is 7.57. The molecule has 5 heteroatoms. The third-order valence-electron chi connectivity index (χ3n) is 5.00. The van der Waals surface area contributed by atoms with Crippen molar-refractivity contribution in [1.29, 1.82) is 0 Å². The molecule has 1 N–H and O–H groups in total. The van der Waals surface area contributed by atoms with Crippen LogP contribution < -0.4 is 5.32 Å². The zero-order valence-electron chi connectivity index (χ0n) is 16.7. The van der Waals surface area contributed by atoms with Gasteiger partial charge in [-0.05, 0) is 42.5 Å². The Kier molecular flexibility index (Phi) is 6.02. The van der Waals surface area contributed by atoms with E-state index in [2.05, 4.69) is 29.6 Å². The molecule has 148 valence electrons. The standard InChI is InChI=1S/C23H27NO4/c1-4-5-14-27-21(25)23(2,3)24-22(26)28-15-20-18-12-8-6-10-16(18)17-11-7-9-13-19(17)20/h6-13,20H,4-5,14-15H2,1-3H3,(H,24,26). The Balaban J connectivity index is 1.63. The van der Waals surface area contributed by atoms with Crippen LogP contribution in [0.25, 0.3) is 11.1 Å². The van der Waals surface area contributed by atoms with Gasteiger partial charge in [0.15, 0.2) is 0 Å². The van der Waals surface area contributed by atoms with E-state index in [-0.39, 0.29) is 12.5 Å². The maximum atomic E-state index is 12.3. The van der Waals surface area contributed by atoms with Crippen LogP contribution in [0.1, 0.15) is 50.7 Å². The monoisotopic (exact) mass is 381 g/mol. The number of carbonyl (C=O) groups excluding carboxylic acids is 2. The average molecular weight is 381 g/mol. The van der Waals surface area contributed by atoms with Crippen LogP contribution in [0.3, 0.4) is 0 Å². The molecule has 0 atom stereocenters. The largest absolute Gasteiger partial charge is 0.464 e. The highest BCUT2D eigenvalue weighted by molar-refractivity contribution is 5.85. The minimum absolute atomic E-state index is 0.0160. The highest BCUT2D eigenvalue weighted by Gasteiger charge is 2.33. The smallest absolute Gasteiger partial charge is 0.408 e. The molecule has 5 nitrogen and oxygen atoms in total. The molecule has 0 fully saturated rings. The second-order valence-electron chi connectivity index (χ2n) is 7.57. The lowest BCUT2D eigenvalue weighted by Crippen LogP contribution is -2.51. The normalized spacial score (nSPS) is 12.8. The maximum Gasteiger partial charge on any atom is 0.408 e. The highest BCUT2D eigenvalue weighted by atomic mass is 16.6. The van der Waals surface area contributed by atoms with E-state index in [1.165, 1.54) is 11.1 Å². The van der Waals surface area contributed by atoms with Gasteiger partial charge >= 0.3 is 12.1 Å². The van der Waals surface area contributed by atoms with Crippen LogP contribution in [-0.2, 0) is 14.3 Å². The van der Waals surface area contributed by atoms with Crippen molar-refractivity contribution in [3.63, 3.8) is 0 Å². The van der Waals surface area contributed by atoms with Crippen LogP contribution >= 0.6 is 0 Å². The second kappa shape index (κ2) is 8.46. The molecule has 0 saturated carbocycles. The fraction of sp³-hybridized carbons (Fsp3) is 0.391. The Hall–Kier alpha value is -2.82. The lowest BCUT2D eigenvalue weighted by atomic mass is 9.98. The summed E-state index contributed by atoms with van der Waals surface area (Å²) in [5, 5.41) is 2.62. The van der Waals surface area contributed by atoms with Crippen molar-refractivity contribution >= 4 is 12.1 Å². The molecule has 28 heavy (non-hydrogen) atoms. The average Bonchev–Trinajstić information content (AvgIpc) is 3.00. The summed E-state index contributed by atoms with van der Waals surface area (Å²) in [6.07, 6.45) is 1.11. The summed E-state index contributed by atoms with van der Waals surface area (Å²) in [6, 6.07) is 16.3. The van der Waals surface area contributed by atoms with Gasteiger partial charge in [-0.3, -0.25) is 0 Å². The summed E-state index contributed by atoms with van der Waals surface area (Å²) in [6.45, 7) is 5.81. The van der Waals surface area contributed by atoms with Crippen LogP contribution in [0, 0.1) is 0 Å².